The molecule has 1 unspecified atom stereocenters. The molecule has 1 saturated carbocycles. The van der Waals surface area contributed by atoms with Gasteiger partial charge in [0.1, 0.15) is 23.9 Å². The van der Waals surface area contributed by atoms with Gasteiger partial charge in [0.25, 0.3) is 0 Å². The number of aromatic nitrogens is 3. The fourth-order valence-electron chi connectivity index (χ4n) is 3.92. The van der Waals surface area contributed by atoms with Gasteiger partial charge >= 0.3 is 0 Å². The van der Waals surface area contributed by atoms with E-state index in [0.29, 0.717) is 17.5 Å². The van der Waals surface area contributed by atoms with Crippen LogP contribution in [0.3, 0.4) is 0 Å². The molecule has 0 radical (unpaired) electrons. The lowest BCUT2D eigenvalue weighted by atomic mass is 9.95. The van der Waals surface area contributed by atoms with Gasteiger partial charge in [0.05, 0.1) is 13.2 Å². The number of ether oxygens (including phenoxy) is 2. The third-order valence-corrected chi connectivity index (χ3v) is 6.70. The van der Waals surface area contributed by atoms with Crippen molar-refractivity contribution < 1.29 is 19.0 Å². The highest BCUT2D eigenvalue weighted by Gasteiger charge is 2.24. The van der Waals surface area contributed by atoms with E-state index in [9.17, 15) is 9.50 Å². The number of benzene rings is 2. The van der Waals surface area contributed by atoms with Crippen LogP contribution in [0.2, 0.25) is 0 Å². The van der Waals surface area contributed by atoms with Crippen LogP contribution in [0, 0.1) is 5.82 Å². The summed E-state index contributed by atoms with van der Waals surface area (Å²) in [7, 11) is 1.65. The highest BCUT2D eigenvalue weighted by molar-refractivity contribution is 7.99. The summed E-state index contributed by atoms with van der Waals surface area (Å²) in [5.41, 5.74) is 0.996. The van der Waals surface area contributed by atoms with Crippen molar-refractivity contribution in [2.75, 3.05) is 19.5 Å². The lowest BCUT2D eigenvalue weighted by Gasteiger charge is -2.26. The zero-order valence-electron chi connectivity index (χ0n) is 18.1. The summed E-state index contributed by atoms with van der Waals surface area (Å²) in [5.74, 6) is 2.29. The molecule has 0 saturated heterocycles. The molecule has 1 atom stereocenters. The molecule has 0 spiro atoms. The number of hydrogen-bond acceptors (Lipinski definition) is 6. The topological polar surface area (TPSA) is 69.4 Å². The van der Waals surface area contributed by atoms with Gasteiger partial charge in [-0.05, 0) is 61.4 Å². The van der Waals surface area contributed by atoms with Crippen molar-refractivity contribution in [2.24, 2.45) is 0 Å². The Bertz CT molecular complexity index is 989. The monoisotopic (exact) mass is 457 g/mol. The van der Waals surface area contributed by atoms with Crippen molar-refractivity contribution in [3.05, 3.63) is 54.3 Å². The number of aliphatic hydroxyl groups excluding tert-OH is 1. The van der Waals surface area contributed by atoms with E-state index in [-0.39, 0.29) is 12.4 Å². The molecule has 1 aliphatic rings. The second kappa shape index (κ2) is 10.8. The van der Waals surface area contributed by atoms with Gasteiger partial charge in [0.2, 0.25) is 0 Å². The molecule has 1 N–H and O–H groups in total. The van der Waals surface area contributed by atoms with E-state index in [4.69, 9.17) is 9.47 Å². The summed E-state index contributed by atoms with van der Waals surface area (Å²) in [6.45, 7) is 0.127. The Morgan fingerprint density at radius 1 is 1.03 bits per heavy atom. The Morgan fingerprint density at radius 3 is 2.41 bits per heavy atom. The maximum Gasteiger partial charge on any atom is 0.191 e. The number of halogens is 1. The molecule has 2 aromatic carbocycles. The first-order valence-electron chi connectivity index (χ1n) is 10.9. The average Bonchev–Trinajstić information content (AvgIpc) is 3.27. The minimum atomic E-state index is -0.689. The van der Waals surface area contributed by atoms with E-state index in [1.807, 2.05) is 24.3 Å². The van der Waals surface area contributed by atoms with Crippen LogP contribution < -0.4 is 9.47 Å². The van der Waals surface area contributed by atoms with Gasteiger partial charge in [0, 0.05) is 17.4 Å². The normalized spacial score (nSPS) is 15.5. The van der Waals surface area contributed by atoms with Crippen LogP contribution >= 0.6 is 11.8 Å². The van der Waals surface area contributed by atoms with E-state index in [0.717, 1.165) is 35.1 Å². The predicted octanol–water partition coefficient (Wildman–Crippen LogP) is 5.13. The van der Waals surface area contributed by atoms with Crippen LogP contribution in [0.15, 0.2) is 53.7 Å². The standard InChI is InChI=1S/C24H28FN3O3S/c1-30-21-11-7-17(8-12-21)23-26-27-24(28(23)19-5-3-2-4-6-19)32-16-20(29)15-31-22-13-9-18(25)10-14-22/h7-14,19-20,29H,2-6,15-16H2,1H3. The van der Waals surface area contributed by atoms with Gasteiger partial charge in [-0.25, -0.2) is 4.39 Å². The van der Waals surface area contributed by atoms with Crippen LogP contribution in [0.1, 0.15) is 38.1 Å². The second-order valence-corrected chi connectivity index (χ2v) is 8.91. The van der Waals surface area contributed by atoms with Crippen molar-refractivity contribution in [1.29, 1.82) is 0 Å². The molecule has 1 heterocycles. The molecule has 170 valence electrons. The minimum absolute atomic E-state index is 0.127. The maximum absolute atomic E-state index is 13.0. The molecule has 0 aliphatic heterocycles. The van der Waals surface area contributed by atoms with Crippen LogP contribution in [0.4, 0.5) is 4.39 Å². The van der Waals surface area contributed by atoms with E-state index in [2.05, 4.69) is 14.8 Å². The first kappa shape index (κ1) is 22.6. The summed E-state index contributed by atoms with van der Waals surface area (Å²) >= 11 is 1.48. The Balaban J connectivity index is 1.46. The molecular weight excluding hydrogens is 429 g/mol. The molecule has 8 heteroatoms. The van der Waals surface area contributed by atoms with Gasteiger partial charge < -0.3 is 14.6 Å². The van der Waals surface area contributed by atoms with Crippen LogP contribution in [-0.4, -0.2) is 45.4 Å². The van der Waals surface area contributed by atoms with Gasteiger partial charge in [-0.1, -0.05) is 31.0 Å². The Morgan fingerprint density at radius 2 is 1.72 bits per heavy atom. The largest absolute Gasteiger partial charge is 0.497 e. The third-order valence-electron chi connectivity index (χ3n) is 5.61. The predicted molar refractivity (Wildman–Crippen MR) is 123 cm³/mol. The van der Waals surface area contributed by atoms with E-state index < -0.39 is 6.10 Å². The number of aliphatic hydroxyl groups is 1. The third kappa shape index (κ3) is 5.61. The van der Waals surface area contributed by atoms with Crippen molar-refractivity contribution in [1.82, 2.24) is 14.8 Å². The maximum atomic E-state index is 13.0. The lowest BCUT2D eigenvalue weighted by Crippen LogP contribution is -2.21. The quantitative estimate of drug-likeness (QED) is 0.449. The fraction of sp³-hybridized carbons (Fsp3) is 0.417. The van der Waals surface area contributed by atoms with Crippen LogP contribution in [0.25, 0.3) is 11.4 Å². The zero-order valence-corrected chi connectivity index (χ0v) is 18.9. The van der Waals surface area contributed by atoms with E-state index in [1.165, 1.54) is 43.2 Å². The smallest absolute Gasteiger partial charge is 0.191 e. The number of methoxy groups -OCH3 is 1. The highest BCUT2D eigenvalue weighted by atomic mass is 32.2. The van der Waals surface area contributed by atoms with Gasteiger partial charge in [-0.2, -0.15) is 0 Å². The summed E-state index contributed by atoms with van der Waals surface area (Å²) in [6, 6.07) is 14.0. The average molecular weight is 458 g/mol. The number of nitrogens with zero attached hydrogens (tertiary/aromatic N) is 3. The molecule has 3 aromatic rings. The van der Waals surface area contributed by atoms with Crippen LogP contribution in [-0.2, 0) is 0 Å². The first-order chi connectivity index (χ1) is 15.6. The Kier molecular flexibility index (Phi) is 7.65. The lowest BCUT2D eigenvalue weighted by molar-refractivity contribution is 0.126. The van der Waals surface area contributed by atoms with Crippen molar-refractivity contribution in [3.63, 3.8) is 0 Å². The number of thioether (sulfide) groups is 1. The fourth-order valence-corrected chi connectivity index (χ4v) is 4.83. The second-order valence-electron chi connectivity index (χ2n) is 7.93. The molecule has 1 fully saturated rings. The van der Waals surface area contributed by atoms with Gasteiger partial charge in [-0.3, -0.25) is 4.57 Å². The molecule has 1 aromatic heterocycles. The molecule has 1 aliphatic carbocycles. The van der Waals surface area contributed by atoms with E-state index >= 15 is 0 Å². The molecule has 0 bridgehead atoms. The summed E-state index contributed by atoms with van der Waals surface area (Å²) < 4.78 is 26.1. The summed E-state index contributed by atoms with van der Waals surface area (Å²) in [5, 5.41) is 20.2. The van der Waals surface area contributed by atoms with Gasteiger partial charge in [0.15, 0.2) is 11.0 Å². The molecule has 6 nitrogen and oxygen atoms in total. The Hall–Kier alpha value is -2.58. The van der Waals surface area contributed by atoms with E-state index in [1.54, 1.807) is 19.2 Å². The van der Waals surface area contributed by atoms with Crippen LogP contribution in [0.5, 0.6) is 11.5 Å². The van der Waals surface area contributed by atoms with Crippen molar-refractivity contribution in [3.8, 4) is 22.9 Å². The summed E-state index contributed by atoms with van der Waals surface area (Å²) in [6.07, 6.45) is 5.17. The molecule has 4 rings (SSSR count). The number of hydrogen-bond donors (Lipinski definition) is 1. The first-order valence-corrected chi connectivity index (χ1v) is 11.9. The highest BCUT2D eigenvalue weighted by Crippen LogP contribution is 2.36. The molecule has 32 heavy (non-hydrogen) atoms. The van der Waals surface area contributed by atoms with Gasteiger partial charge in [-0.15, -0.1) is 10.2 Å². The minimum Gasteiger partial charge on any atom is -0.497 e. The SMILES string of the molecule is COc1ccc(-c2nnc(SCC(O)COc3ccc(F)cc3)n2C2CCCCC2)cc1. The van der Waals surface area contributed by atoms with Crippen molar-refractivity contribution >= 4 is 11.8 Å². The zero-order chi connectivity index (χ0) is 22.3. The molecule has 0 amide bonds. The molecular formula is C24H28FN3O3S. The number of rotatable bonds is 9. The Labute approximate surface area is 191 Å². The van der Waals surface area contributed by atoms with Crippen molar-refractivity contribution in [2.45, 2.75) is 49.4 Å². The summed E-state index contributed by atoms with van der Waals surface area (Å²) in [4.78, 5) is 0.